The maximum Gasteiger partial charge on any atom is 0.335 e. The van der Waals surface area contributed by atoms with Crippen molar-refractivity contribution in [2.24, 2.45) is 0 Å². The van der Waals surface area contributed by atoms with Crippen molar-refractivity contribution in [2.45, 2.75) is 51.3 Å². The van der Waals surface area contributed by atoms with E-state index in [1.165, 1.54) is 6.92 Å². The first kappa shape index (κ1) is 14.3. The molecule has 1 aliphatic heterocycles. The van der Waals surface area contributed by atoms with Crippen molar-refractivity contribution in [2.75, 3.05) is 0 Å². The van der Waals surface area contributed by atoms with Crippen molar-refractivity contribution < 1.29 is 30.0 Å². The van der Waals surface area contributed by atoms with Crippen LogP contribution in [0, 0.1) is 0 Å². The number of ether oxygens (including phenoxy) is 1. The molecule has 1 fully saturated rings. The highest BCUT2D eigenvalue weighted by Gasteiger charge is 2.44. The van der Waals surface area contributed by atoms with E-state index in [2.05, 4.69) is 0 Å². The van der Waals surface area contributed by atoms with Crippen LogP contribution in [0.3, 0.4) is 0 Å². The Bertz CT molecular complexity index is 207. The van der Waals surface area contributed by atoms with Gasteiger partial charge in [0.15, 0.2) is 6.10 Å². The second kappa shape index (κ2) is 6.02. The SMILES string of the molecule is CC.CC1O[C@H](C(=O)O)[C@@H](O)C(O)[C@H]1O. The molecule has 2 unspecified atom stereocenters. The molecule has 6 heteroatoms. The van der Waals surface area contributed by atoms with E-state index in [0.29, 0.717) is 0 Å². The lowest BCUT2D eigenvalue weighted by Crippen LogP contribution is -2.58. The minimum absolute atomic E-state index is 0.806. The number of hydrogen-bond donors (Lipinski definition) is 4. The standard InChI is InChI=1S/C7H12O6.C2H6/c1-2-3(8)4(9)5(10)6(13-2)7(11)12;1-2/h2-6,8-10H,1H3,(H,11,12);1-2H3/t2?,3-,4?,5-,6-;/m0./s1. The summed E-state index contributed by atoms with van der Waals surface area (Å²) in [5, 5.41) is 36.1. The normalized spacial score (nSPS) is 40.3. The molecule has 0 bridgehead atoms. The summed E-state index contributed by atoms with van der Waals surface area (Å²) in [6.45, 7) is 5.43. The molecule has 0 amide bonds. The summed E-state index contributed by atoms with van der Waals surface area (Å²) in [5.74, 6) is -1.36. The first-order valence-electron chi connectivity index (χ1n) is 4.87. The molecule has 1 saturated heterocycles. The van der Waals surface area contributed by atoms with Gasteiger partial charge in [0.05, 0.1) is 6.10 Å². The third kappa shape index (κ3) is 3.13. The lowest BCUT2D eigenvalue weighted by Gasteiger charge is -2.37. The number of aliphatic hydroxyl groups is 3. The van der Waals surface area contributed by atoms with Gasteiger partial charge in [0, 0.05) is 0 Å². The number of rotatable bonds is 1. The van der Waals surface area contributed by atoms with Crippen LogP contribution in [0.2, 0.25) is 0 Å². The molecule has 0 aliphatic carbocycles. The number of aliphatic hydroxyl groups excluding tert-OH is 3. The molecule has 90 valence electrons. The zero-order chi connectivity index (χ0) is 12.2. The van der Waals surface area contributed by atoms with Gasteiger partial charge in [-0.15, -0.1) is 0 Å². The van der Waals surface area contributed by atoms with E-state index >= 15 is 0 Å². The van der Waals surface area contributed by atoms with Crippen LogP contribution < -0.4 is 0 Å². The molecular weight excluding hydrogens is 204 g/mol. The molecule has 0 aromatic carbocycles. The Balaban J connectivity index is 0.000000921. The van der Waals surface area contributed by atoms with E-state index in [4.69, 9.17) is 9.84 Å². The maximum atomic E-state index is 10.5. The summed E-state index contributed by atoms with van der Waals surface area (Å²) < 4.78 is 4.78. The predicted molar refractivity (Wildman–Crippen MR) is 51.3 cm³/mol. The van der Waals surface area contributed by atoms with E-state index in [0.717, 1.165) is 0 Å². The fraction of sp³-hybridized carbons (Fsp3) is 0.889. The Kier molecular flexibility index (Phi) is 5.74. The van der Waals surface area contributed by atoms with Crippen molar-refractivity contribution in [3.8, 4) is 0 Å². The molecule has 6 nitrogen and oxygen atoms in total. The van der Waals surface area contributed by atoms with Gasteiger partial charge in [-0.1, -0.05) is 13.8 Å². The van der Waals surface area contributed by atoms with Crippen molar-refractivity contribution in [1.82, 2.24) is 0 Å². The van der Waals surface area contributed by atoms with E-state index < -0.39 is 36.5 Å². The lowest BCUT2D eigenvalue weighted by molar-refractivity contribution is -0.223. The predicted octanol–water partition coefficient (Wildman–Crippen LogP) is -1.03. The largest absolute Gasteiger partial charge is 0.479 e. The van der Waals surface area contributed by atoms with Gasteiger partial charge in [-0.25, -0.2) is 4.79 Å². The highest BCUT2D eigenvalue weighted by molar-refractivity contribution is 5.73. The van der Waals surface area contributed by atoms with Crippen LogP contribution in [0.25, 0.3) is 0 Å². The zero-order valence-corrected chi connectivity index (χ0v) is 8.99. The molecule has 0 aromatic heterocycles. The van der Waals surface area contributed by atoms with Gasteiger partial charge >= 0.3 is 5.97 Å². The molecule has 1 heterocycles. The third-order valence-electron chi connectivity index (χ3n) is 2.10. The Hall–Kier alpha value is -0.690. The van der Waals surface area contributed by atoms with E-state index in [1.807, 2.05) is 13.8 Å². The lowest BCUT2D eigenvalue weighted by atomic mass is 9.96. The molecule has 5 atom stereocenters. The smallest absolute Gasteiger partial charge is 0.335 e. The van der Waals surface area contributed by atoms with Gasteiger partial charge in [0.2, 0.25) is 0 Å². The minimum atomic E-state index is -1.59. The molecule has 1 rings (SSSR count). The van der Waals surface area contributed by atoms with Crippen LogP contribution >= 0.6 is 0 Å². The molecule has 0 saturated carbocycles. The van der Waals surface area contributed by atoms with Gasteiger partial charge in [0.25, 0.3) is 0 Å². The zero-order valence-electron chi connectivity index (χ0n) is 8.99. The van der Waals surface area contributed by atoms with Crippen LogP contribution in [-0.4, -0.2) is 56.9 Å². The number of carboxylic acids is 1. The van der Waals surface area contributed by atoms with Crippen LogP contribution in [0.5, 0.6) is 0 Å². The Labute approximate surface area is 88.1 Å². The summed E-state index contributed by atoms with van der Waals surface area (Å²) in [4.78, 5) is 10.5. The van der Waals surface area contributed by atoms with Crippen LogP contribution in [0.1, 0.15) is 20.8 Å². The molecule has 1 aliphatic rings. The van der Waals surface area contributed by atoms with Crippen LogP contribution in [0.4, 0.5) is 0 Å². The molecule has 0 aromatic rings. The summed E-state index contributed by atoms with van der Waals surface area (Å²) in [7, 11) is 0. The van der Waals surface area contributed by atoms with Crippen molar-refractivity contribution >= 4 is 5.97 Å². The molecule has 0 spiro atoms. The number of carboxylic acid groups (broad SMARTS) is 1. The first-order chi connectivity index (χ1) is 6.95. The van der Waals surface area contributed by atoms with Gasteiger partial charge < -0.3 is 25.2 Å². The molecule has 0 radical (unpaired) electrons. The van der Waals surface area contributed by atoms with Crippen molar-refractivity contribution in [3.05, 3.63) is 0 Å². The number of hydrogen-bond acceptors (Lipinski definition) is 5. The van der Waals surface area contributed by atoms with Gasteiger partial charge in [-0.05, 0) is 6.92 Å². The maximum absolute atomic E-state index is 10.5. The Morgan fingerprint density at radius 1 is 1.07 bits per heavy atom. The average molecular weight is 222 g/mol. The van der Waals surface area contributed by atoms with Gasteiger partial charge in [-0.3, -0.25) is 0 Å². The van der Waals surface area contributed by atoms with E-state index in [-0.39, 0.29) is 0 Å². The summed E-state index contributed by atoms with van der Waals surface area (Å²) >= 11 is 0. The molecule has 4 N–H and O–H groups in total. The molecule has 15 heavy (non-hydrogen) atoms. The second-order valence-corrected chi connectivity index (χ2v) is 3.07. The number of aliphatic carboxylic acids is 1. The average Bonchev–Trinajstić information content (AvgIpc) is 2.23. The van der Waals surface area contributed by atoms with E-state index in [9.17, 15) is 20.1 Å². The second-order valence-electron chi connectivity index (χ2n) is 3.07. The van der Waals surface area contributed by atoms with E-state index in [1.54, 1.807) is 0 Å². The van der Waals surface area contributed by atoms with Gasteiger partial charge in [0.1, 0.15) is 18.3 Å². The van der Waals surface area contributed by atoms with Gasteiger partial charge in [-0.2, -0.15) is 0 Å². The van der Waals surface area contributed by atoms with Crippen molar-refractivity contribution in [1.29, 1.82) is 0 Å². The summed E-state index contributed by atoms with van der Waals surface area (Å²) in [6, 6.07) is 0. The minimum Gasteiger partial charge on any atom is -0.479 e. The number of carbonyl (C=O) groups is 1. The summed E-state index contributed by atoms with van der Waals surface area (Å²) in [5.41, 5.74) is 0. The highest BCUT2D eigenvalue weighted by Crippen LogP contribution is 2.20. The topological polar surface area (TPSA) is 107 Å². The Morgan fingerprint density at radius 2 is 1.53 bits per heavy atom. The third-order valence-corrected chi connectivity index (χ3v) is 2.10. The Morgan fingerprint density at radius 3 is 1.93 bits per heavy atom. The monoisotopic (exact) mass is 222 g/mol. The quantitative estimate of drug-likeness (QED) is 0.452. The van der Waals surface area contributed by atoms with Crippen molar-refractivity contribution in [3.63, 3.8) is 0 Å². The fourth-order valence-corrected chi connectivity index (χ4v) is 1.26. The molecular formula is C9H18O6. The highest BCUT2D eigenvalue weighted by atomic mass is 16.6. The van der Waals surface area contributed by atoms with Crippen LogP contribution in [-0.2, 0) is 9.53 Å². The van der Waals surface area contributed by atoms with Crippen LogP contribution in [0.15, 0.2) is 0 Å². The fourth-order valence-electron chi connectivity index (χ4n) is 1.26. The first-order valence-corrected chi connectivity index (χ1v) is 4.87. The summed E-state index contributed by atoms with van der Waals surface area (Å²) in [6.07, 6.45) is -6.62.